The number of nitro groups is 1. The minimum atomic E-state index is -0.935. The molecule has 0 amide bonds. The Morgan fingerprint density at radius 2 is 1.36 bits per heavy atom. The minimum Gasteiger partial charge on any atom is -0.465 e. The summed E-state index contributed by atoms with van der Waals surface area (Å²) in [7, 11) is 2.27. The van der Waals surface area contributed by atoms with Crippen LogP contribution < -0.4 is 5.73 Å². The van der Waals surface area contributed by atoms with Crippen LogP contribution in [0.3, 0.4) is 0 Å². The van der Waals surface area contributed by atoms with Crippen molar-refractivity contribution in [3.8, 4) is 0 Å². The highest BCUT2D eigenvalue weighted by Gasteiger charge is 2.20. The average molecular weight is 396 g/mol. The van der Waals surface area contributed by atoms with Crippen LogP contribution in [0.5, 0.6) is 0 Å². The van der Waals surface area contributed by atoms with Crippen LogP contribution in [0.25, 0.3) is 0 Å². The molecule has 2 N–H and O–H groups in total. The molecule has 2 aromatic carbocycles. The predicted octanol–water partition coefficient (Wildman–Crippen LogP) is 3.33. The highest BCUT2D eigenvalue weighted by Crippen LogP contribution is 2.22. The summed E-state index contributed by atoms with van der Waals surface area (Å²) in [5, 5.41) is 10.5. The zero-order valence-electron chi connectivity index (χ0n) is 15.5. The van der Waals surface area contributed by atoms with Gasteiger partial charge < -0.3 is 15.2 Å². The number of nitro benzene ring substituents is 1. The Bertz CT molecular complexity index is 931. The van der Waals surface area contributed by atoms with Crippen LogP contribution in [0.2, 0.25) is 0 Å². The Hall–Kier alpha value is -3.56. The summed E-state index contributed by atoms with van der Waals surface area (Å²) in [5.41, 5.74) is 5.77. The van der Waals surface area contributed by atoms with Crippen LogP contribution >= 0.6 is 0 Å². The Morgan fingerprint density at radius 1 is 0.929 bits per heavy atom. The van der Waals surface area contributed by atoms with Crippen molar-refractivity contribution in [2.45, 2.75) is 13.8 Å². The van der Waals surface area contributed by atoms with Crippen LogP contribution in [-0.2, 0) is 9.47 Å². The second-order valence-electron chi connectivity index (χ2n) is 5.55. The molecule has 0 spiro atoms. The molecule has 10 heteroatoms. The highest BCUT2D eigenvalue weighted by molar-refractivity contribution is 5.91. The maximum Gasteiger partial charge on any atom is 0.341 e. The zero-order valence-corrected chi connectivity index (χ0v) is 15.5. The molecule has 0 aliphatic rings. The second kappa shape index (κ2) is 9.40. The van der Waals surface area contributed by atoms with Gasteiger partial charge in [0, 0.05) is 17.3 Å². The first-order valence-corrected chi connectivity index (χ1v) is 7.70. The first-order valence-electron chi connectivity index (χ1n) is 7.70. The van der Waals surface area contributed by atoms with E-state index >= 15 is 0 Å². The molecule has 0 saturated heterocycles. The molecule has 0 fully saturated rings. The van der Waals surface area contributed by atoms with E-state index in [1.807, 2.05) is 0 Å². The van der Waals surface area contributed by atoms with Crippen molar-refractivity contribution in [3.63, 3.8) is 0 Å². The molecule has 2 aromatic rings. The van der Waals surface area contributed by atoms with Crippen LogP contribution in [0.1, 0.15) is 31.8 Å². The van der Waals surface area contributed by atoms with Gasteiger partial charge in [0.1, 0.15) is 17.2 Å². The van der Waals surface area contributed by atoms with Crippen molar-refractivity contribution in [2.24, 2.45) is 0 Å². The molecule has 150 valence electrons. The van der Waals surface area contributed by atoms with Crippen molar-refractivity contribution in [1.82, 2.24) is 0 Å². The van der Waals surface area contributed by atoms with Gasteiger partial charge in [-0.25, -0.2) is 18.4 Å². The number of rotatable bonds is 3. The molecule has 0 bridgehead atoms. The van der Waals surface area contributed by atoms with Gasteiger partial charge in [-0.05, 0) is 37.6 Å². The largest absolute Gasteiger partial charge is 0.465 e. The molecule has 0 aliphatic heterocycles. The fourth-order valence-electron chi connectivity index (χ4n) is 2.08. The van der Waals surface area contributed by atoms with Crippen molar-refractivity contribution in [3.05, 3.63) is 68.3 Å². The van der Waals surface area contributed by atoms with Gasteiger partial charge in [-0.3, -0.25) is 10.1 Å². The fourth-order valence-corrected chi connectivity index (χ4v) is 2.08. The number of nitrogens with two attached hydrogens (primary N) is 1. The van der Waals surface area contributed by atoms with Crippen molar-refractivity contribution in [1.29, 1.82) is 0 Å². The lowest BCUT2D eigenvalue weighted by atomic mass is 10.1. The maximum absolute atomic E-state index is 13.2. The summed E-state index contributed by atoms with van der Waals surface area (Å²) in [5.74, 6) is -3.09. The summed E-state index contributed by atoms with van der Waals surface area (Å²) in [4.78, 5) is 31.9. The van der Waals surface area contributed by atoms with E-state index in [2.05, 4.69) is 9.47 Å². The number of ether oxygens (including phenoxy) is 2. The average Bonchev–Trinajstić information content (AvgIpc) is 2.63. The number of carbonyl (C=O) groups is 2. The van der Waals surface area contributed by atoms with E-state index in [0.717, 1.165) is 19.2 Å². The first-order chi connectivity index (χ1) is 13.0. The topological polar surface area (TPSA) is 122 Å². The number of esters is 2. The molecular weight excluding hydrogens is 378 g/mol. The van der Waals surface area contributed by atoms with Gasteiger partial charge in [0.15, 0.2) is 0 Å². The molecule has 0 radical (unpaired) electrons. The number of benzene rings is 2. The minimum absolute atomic E-state index is 0.134. The maximum atomic E-state index is 13.2. The van der Waals surface area contributed by atoms with Gasteiger partial charge in [0.25, 0.3) is 5.69 Å². The van der Waals surface area contributed by atoms with Crippen molar-refractivity contribution in [2.75, 3.05) is 20.0 Å². The number of hydrogen-bond acceptors (Lipinski definition) is 7. The molecule has 28 heavy (non-hydrogen) atoms. The van der Waals surface area contributed by atoms with E-state index in [1.165, 1.54) is 26.2 Å². The molecule has 0 saturated carbocycles. The molecule has 0 aliphatic carbocycles. The van der Waals surface area contributed by atoms with E-state index in [-0.39, 0.29) is 16.8 Å². The SMILES string of the molecule is COC(=O)c1cc(N)c(C)cc1F.COC(=O)c1cc([N+](=O)[O-])c(C)cc1F. The van der Waals surface area contributed by atoms with Crippen LogP contribution in [0.15, 0.2) is 24.3 Å². The molecule has 0 heterocycles. The lowest BCUT2D eigenvalue weighted by Gasteiger charge is -2.04. The first kappa shape index (κ1) is 22.5. The number of halogens is 2. The Morgan fingerprint density at radius 3 is 1.79 bits per heavy atom. The highest BCUT2D eigenvalue weighted by atomic mass is 19.1. The normalized spacial score (nSPS) is 9.79. The molecule has 2 rings (SSSR count). The monoisotopic (exact) mass is 396 g/mol. The third kappa shape index (κ3) is 5.22. The summed E-state index contributed by atoms with van der Waals surface area (Å²) >= 11 is 0. The molecular formula is C18H18F2N2O6. The van der Waals surface area contributed by atoms with E-state index in [4.69, 9.17) is 5.73 Å². The quantitative estimate of drug-likeness (QED) is 0.365. The number of hydrogen-bond donors (Lipinski definition) is 1. The number of methoxy groups -OCH3 is 2. The van der Waals surface area contributed by atoms with Gasteiger partial charge in [-0.15, -0.1) is 0 Å². The van der Waals surface area contributed by atoms with Gasteiger partial charge in [-0.1, -0.05) is 0 Å². The van der Waals surface area contributed by atoms with Crippen LogP contribution in [-0.4, -0.2) is 31.1 Å². The number of aryl methyl sites for hydroxylation is 2. The van der Waals surface area contributed by atoms with E-state index in [1.54, 1.807) is 6.92 Å². The third-order valence-electron chi connectivity index (χ3n) is 3.65. The second-order valence-corrected chi connectivity index (χ2v) is 5.55. The van der Waals surface area contributed by atoms with Crippen molar-refractivity contribution < 1.29 is 32.8 Å². The molecule has 0 atom stereocenters. The molecule has 0 unspecified atom stereocenters. The Labute approximate surface area is 159 Å². The summed E-state index contributed by atoms with van der Waals surface area (Å²) < 4.78 is 35.0. The van der Waals surface area contributed by atoms with Gasteiger partial charge in [0.05, 0.1) is 24.7 Å². The Kier molecular flexibility index (Phi) is 7.55. The van der Waals surface area contributed by atoms with Crippen LogP contribution in [0, 0.1) is 35.6 Å². The number of nitrogen functional groups attached to an aromatic ring is 1. The van der Waals surface area contributed by atoms with E-state index in [0.29, 0.717) is 11.3 Å². The van der Waals surface area contributed by atoms with Gasteiger partial charge in [-0.2, -0.15) is 0 Å². The Balaban J connectivity index is 0.000000283. The predicted molar refractivity (Wildman–Crippen MR) is 96.0 cm³/mol. The molecule has 8 nitrogen and oxygen atoms in total. The third-order valence-corrected chi connectivity index (χ3v) is 3.65. The smallest absolute Gasteiger partial charge is 0.341 e. The fraction of sp³-hybridized carbons (Fsp3) is 0.222. The van der Waals surface area contributed by atoms with E-state index in [9.17, 15) is 28.5 Å². The lowest BCUT2D eigenvalue weighted by molar-refractivity contribution is -0.385. The number of carbonyl (C=O) groups excluding carboxylic acids is 2. The zero-order chi connectivity index (χ0) is 21.6. The van der Waals surface area contributed by atoms with E-state index < -0.39 is 34.1 Å². The lowest BCUT2D eigenvalue weighted by Crippen LogP contribution is -2.06. The van der Waals surface area contributed by atoms with Gasteiger partial charge in [0.2, 0.25) is 0 Å². The van der Waals surface area contributed by atoms with Crippen LogP contribution in [0.4, 0.5) is 20.2 Å². The molecule has 0 aromatic heterocycles. The summed E-state index contributed by atoms with van der Waals surface area (Å²) in [6, 6.07) is 4.29. The summed E-state index contributed by atoms with van der Waals surface area (Å²) in [6.45, 7) is 3.06. The van der Waals surface area contributed by atoms with Crippen molar-refractivity contribution >= 4 is 23.3 Å². The van der Waals surface area contributed by atoms with Gasteiger partial charge >= 0.3 is 11.9 Å². The number of nitrogens with zero attached hydrogens (tertiary/aromatic N) is 1. The number of anilines is 1. The summed E-state index contributed by atoms with van der Waals surface area (Å²) in [6.07, 6.45) is 0. The standard InChI is InChI=1S/C9H8FNO4.C9H10FNO2/c1-5-3-7(10)6(9(12)15-2)4-8(5)11(13)14;1-5-3-7(10)6(4-8(5)11)9(12)13-2/h3-4H,1-2H3;3-4H,11H2,1-2H3.